The Kier molecular flexibility index (Phi) is 10.0. The summed E-state index contributed by atoms with van der Waals surface area (Å²) in [5.41, 5.74) is 17.7. The summed E-state index contributed by atoms with van der Waals surface area (Å²) in [6, 6.07) is 28.9. The molecule has 5 heteroatoms. The molecule has 2 aliphatic heterocycles. The van der Waals surface area contributed by atoms with Crippen LogP contribution in [0, 0.1) is 26.7 Å². The van der Waals surface area contributed by atoms with Crippen molar-refractivity contribution in [2.45, 2.75) is 116 Å². The molecule has 1 fully saturated rings. The predicted octanol–water partition coefficient (Wildman–Crippen LogP) is 13.1. The predicted molar refractivity (Wildman–Crippen MR) is 246 cm³/mol. The number of pyridine rings is 2. The minimum atomic E-state index is -1.37. The van der Waals surface area contributed by atoms with Crippen molar-refractivity contribution in [3.8, 4) is 22.5 Å². The average molecular weight is 784 g/mol. The minimum Gasteiger partial charge on any atom is -0.437 e. The van der Waals surface area contributed by atoms with Crippen LogP contribution in [0.4, 0.5) is 0 Å². The number of hydrogen-bond acceptors (Lipinski definition) is 2. The zero-order chi connectivity index (χ0) is 40.5. The molecule has 296 valence electrons. The SMILES string of the molecule is C=CC1=[N+](CC[Si](C)(C)C)C2C(=C)[n+]3ccc(C(C)C4CCCCC4)cc3-c3c(ccc4c3oc3nc(-c5c(C)cc(C)cc5C)ccc34)CCC2c2ccccc21. The van der Waals surface area contributed by atoms with E-state index in [9.17, 15) is 0 Å². The normalized spacial score (nSPS) is 19.2. The average Bonchev–Trinajstić information content (AvgIpc) is 3.59. The molecule has 9 rings (SSSR count). The second kappa shape index (κ2) is 15.1. The van der Waals surface area contributed by atoms with Gasteiger partial charge >= 0.3 is 0 Å². The third-order valence-corrected chi connectivity index (χ3v) is 15.7. The van der Waals surface area contributed by atoms with E-state index in [4.69, 9.17) is 16.0 Å². The molecule has 3 atom stereocenters. The van der Waals surface area contributed by atoms with Crippen LogP contribution >= 0.6 is 0 Å². The van der Waals surface area contributed by atoms with Crippen LogP contribution < -0.4 is 4.57 Å². The van der Waals surface area contributed by atoms with Crippen molar-refractivity contribution < 1.29 is 13.6 Å². The van der Waals surface area contributed by atoms with Gasteiger partial charge in [-0.2, -0.15) is 4.57 Å². The van der Waals surface area contributed by atoms with E-state index in [1.807, 2.05) is 0 Å². The maximum Gasteiger partial charge on any atom is 0.249 e. The number of nitrogens with zero attached hydrogens (tertiary/aromatic N) is 3. The molecule has 0 radical (unpaired) electrons. The lowest BCUT2D eigenvalue weighted by Gasteiger charge is -2.32. The topological polar surface area (TPSA) is 32.9 Å². The van der Waals surface area contributed by atoms with Crippen LogP contribution in [0.2, 0.25) is 25.7 Å². The Balaban J connectivity index is 1.28. The first-order valence-electron chi connectivity index (χ1n) is 22.0. The highest BCUT2D eigenvalue weighted by Crippen LogP contribution is 2.45. The zero-order valence-corrected chi connectivity index (χ0v) is 36.9. The molecule has 0 N–H and O–H groups in total. The summed E-state index contributed by atoms with van der Waals surface area (Å²) < 4.78 is 12.2. The van der Waals surface area contributed by atoms with Crippen molar-refractivity contribution in [3.05, 3.63) is 137 Å². The fourth-order valence-electron chi connectivity index (χ4n) is 11.0. The van der Waals surface area contributed by atoms with Gasteiger partial charge in [0.2, 0.25) is 28.9 Å². The summed E-state index contributed by atoms with van der Waals surface area (Å²) in [4.78, 5) is 5.27. The summed E-state index contributed by atoms with van der Waals surface area (Å²) in [5.74, 6) is 1.44. The smallest absolute Gasteiger partial charge is 0.249 e. The molecule has 3 aromatic heterocycles. The van der Waals surface area contributed by atoms with Crippen molar-refractivity contribution in [2.24, 2.45) is 5.92 Å². The second-order valence-electron chi connectivity index (χ2n) is 19.1. The van der Waals surface area contributed by atoms with Gasteiger partial charge in [0.1, 0.15) is 6.54 Å². The molecular formula is C53H61N3OSi+2. The van der Waals surface area contributed by atoms with E-state index in [0.29, 0.717) is 17.5 Å². The van der Waals surface area contributed by atoms with Gasteiger partial charge in [-0.25, -0.2) is 9.56 Å². The van der Waals surface area contributed by atoms with Gasteiger partial charge in [0.15, 0.2) is 11.8 Å². The van der Waals surface area contributed by atoms with Gasteiger partial charge in [-0.3, -0.25) is 0 Å². The summed E-state index contributed by atoms with van der Waals surface area (Å²) in [6.07, 6.45) is 13.0. The number of benzene rings is 3. The standard InChI is InChI=1S/C53H61N3OSi/c1-10-47-42-19-15-14-18-41(42)43-22-20-39-21-23-44-45-24-25-46(49-34(3)30-33(2)31-35(49)4)54-53(45)57-52(44)50(39)48-32-40(36(5)38-16-12-11-13-17-38)26-27-55(48)37(6)51(43)56(47)28-29-58(7,8)9/h10,14-15,18-19,21,23-27,30-32,36,38,43,51H,1,6,11-13,16-17,20,22,28-29H2,2-5,7-9H3/q+2. The van der Waals surface area contributed by atoms with E-state index in [2.05, 4.69) is 148 Å². The van der Waals surface area contributed by atoms with Crippen molar-refractivity contribution in [1.82, 2.24) is 4.98 Å². The molecule has 3 aromatic carbocycles. The molecule has 1 aliphatic carbocycles. The first kappa shape index (κ1) is 38.6. The Labute approximate surface area is 347 Å². The Morgan fingerprint density at radius 1 is 0.879 bits per heavy atom. The van der Waals surface area contributed by atoms with Gasteiger partial charge in [-0.15, -0.1) is 0 Å². The molecule has 0 bridgehead atoms. The number of rotatable bonds is 7. The fourth-order valence-corrected chi connectivity index (χ4v) is 11.9. The Bertz CT molecular complexity index is 2630. The van der Waals surface area contributed by atoms with Crippen LogP contribution in [0.25, 0.3) is 50.3 Å². The lowest BCUT2D eigenvalue weighted by Crippen LogP contribution is -2.50. The largest absolute Gasteiger partial charge is 0.437 e. The van der Waals surface area contributed by atoms with Gasteiger partial charge in [-0.1, -0.05) is 100 Å². The molecule has 0 spiro atoms. The van der Waals surface area contributed by atoms with Crippen molar-refractivity contribution in [2.75, 3.05) is 6.54 Å². The van der Waals surface area contributed by atoms with E-state index in [-0.39, 0.29) is 12.0 Å². The monoisotopic (exact) mass is 783 g/mol. The molecule has 4 nitrogen and oxygen atoms in total. The lowest BCUT2D eigenvalue weighted by atomic mass is 9.77. The first-order valence-corrected chi connectivity index (χ1v) is 25.7. The third kappa shape index (κ3) is 6.73. The maximum absolute atomic E-state index is 7.09. The molecule has 5 heterocycles. The van der Waals surface area contributed by atoms with Crippen molar-refractivity contribution >= 4 is 41.6 Å². The highest BCUT2D eigenvalue weighted by atomic mass is 28.3. The van der Waals surface area contributed by atoms with Crippen molar-refractivity contribution in [1.29, 1.82) is 0 Å². The van der Waals surface area contributed by atoms with Crippen LogP contribution in [0.5, 0.6) is 0 Å². The maximum atomic E-state index is 7.09. The summed E-state index contributed by atoms with van der Waals surface area (Å²) in [7, 11) is -1.37. The second-order valence-corrected chi connectivity index (χ2v) is 24.7. The minimum absolute atomic E-state index is 0.0790. The van der Waals surface area contributed by atoms with Gasteiger partial charge in [0.25, 0.3) is 0 Å². The molecule has 1 saturated carbocycles. The van der Waals surface area contributed by atoms with Gasteiger partial charge in [-0.05, 0) is 111 Å². The van der Waals surface area contributed by atoms with Crippen molar-refractivity contribution in [3.63, 3.8) is 0 Å². The molecular weight excluding hydrogens is 723 g/mol. The van der Waals surface area contributed by atoms with Crippen LogP contribution in [-0.2, 0) is 6.42 Å². The van der Waals surface area contributed by atoms with Crippen LogP contribution in [-0.4, -0.2) is 35.9 Å². The van der Waals surface area contributed by atoms with Gasteiger partial charge in [0.05, 0.1) is 25.2 Å². The molecule has 3 aliphatic rings. The molecule has 3 unspecified atom stereocenters. The number of furan rings is 1. The molecule has 58 heavy (non-hydrogen) atoms. The number of aryl methyl sites for hydroxylation is 4. The third-order valence-electron chi connectivity index (χ3n) is 14.0. The number of hydrogen-bond donors (Lipinski definition) is 0. The van der Waals surface area contributed by atoms with Gasteiger partial charge in [0, 0.05) is 46.2 Å². The lowest BCUT2D eigenvalue weighted by molar-refractivity contribution is -0.622. The van der Waals surface area contributed by atoms with Crippen LogP contribution in [0.15, 0.2) is 103 Å². The molecule has 0 amide bonds. The molecule has 6 aromatic rings. The fraction of sp³-hybridized carbons (Fsp3) is 0.377. The summed E-state index contributed by atoms with van der Waals surface area (Å²) in [6.45, 7) is 27.0. The number of fused-ring (bicyclic) bond motifs is 10. The van der Waals surface area contributed by atoms with Crippen LogP contribution in [0.1, 0.15) is 96.2 Å². The zero-order valence-electron chi connectivity index (χ0n) is 35.9. The number of allylic oxidation sites excluding steroid dienone is 1. The Morgan fingerprint density at radius 3 is 2.36 bits per heavy atom. The van der Waals surface area contributed by atoms with E-state index in [1.54, 1.807) is 0 Å². The summed E-state index contributed by atoms with van der Waals surface area (Å²) in [5, 5.41) is 2.18. The van der Waals surface area contributed by atoms with E-state index >= 15 is 0 Å². The highest BCUT2D eigenvalue weighted by molar-refractivity contribution is 6.76. The van der Waals surface area contributed by atoms with E-state index in [1.165, 1.54) is 99.6 Å². The van der Waals surface area contributed by atoms with Crippen LogP contribution in [0.3, 0.4) is 0 Å². The quantitative estimate of drug-likeness (QED) is 0.119. The summed E-state index contributed by atoms with van der Waals surface area (Å²) >= 11 is 0. The van der Waals surface area contributed by atoms with E-state index in [0.717, 1.165) is 47.1 Å². The Hall–Kier alpha value is -4.87. The highest BCUT2D eigenvalue weighted by Gasteiger charge is 2.48. The number of aromatic nitrogens is 2. The van der Waals surface area contributed by atoms with Gasteiger partial charge < -0.3 is 4.42 Å². The Morgan fingerprint density at radius 2 is 1.62 bits per heavy atom. The first-order chi connectivity index (χ1) is 27.9. The van der Waals surface area contributed by atoms with E-state index < -0.39 is 8.07 Å². The molecule has 0 saturated heterocycles.